The number of nitrogens with one attached hydrogen (secondary N) is 1. The zero-order chi connectivity index (χ0) is 12.8. The van der Waals surface area contributed by atoms with Crippen LogP contribution in [0.4, 0.5) is 0 Å². The minimum atomic E-state index is 0.391. The molecule has 1 aromatic carbocycles. The van der Waals surface area contributed by atoms with Gasteiger partial charge in [0.25, 0.3) is 0 Å². The summed E-state index contributed by atoms with van der Waals surface area (Å²) in [6, 6.07) is 10.9. The zero-order valence-electron chi connectivity index (χ0n) is 11.4. The average molecular weight is 255 g/mol. The molecule has 0 amide bonds. The number of hydrogen-bond acceptors (Lipinski definition) is 2. The smallest absolute Gasteiger partial charge is 0.134 e. The molecule has 4 unspecified atom stereocenters. The predicted molar refractivity (Wildman–Crippen MR) is 77.0 cm³/mol. The number of benzene rings is 1. The molecule has 100 valence electrons. The van der Waals surface area contributed by atoms with E-state index in [1.54, 1.807) is 0 Å². The molecule has 2 aliphatic carbocycles. The maximum Gasteiger partial charge on any atom is 0.134 e. The molecule has 0 spiro atoms. The second kappa shape index (κ2) is 4.38. The van der Waals surface area contributed by atoms with Gasteiger partial charge in [-0.1, -0.05) is 24.6 Å². The first kappa shape index (κ1) is 11.5. The van der Waals surface area contributed by atoms with E-state index >= 15 is 0 Å². The highest BCUT2D eigenvalue weighted by Crippen LogP contribution is 2.52. The number of furan rings is 1. The summed E-state index contributed by atoms with van der Waals surface area (Å²) in [7, 11) is 2.07. The van der Waals surface area contributed by atoms with Crippen molar-refractivity contribution in [2.45, 2.75) is 31.7 Å². The molecular formula is C17H21NO. The van der Waals surface area contributed by atoms with Crippen molar-refractivity contribution in [3.63, 3.8) is 0 Å². The van der Waals surface area contributed by atoms with Crippen LogP contribution in [0.3, 0.4) is 0 Å². The Labute approximate surface area is 114 Å². The van der Waals surface area contributed by atoms with Crippen LogP contribution in [-0.4, -0.2) is 7.05 Å². The first-order valence-electron chi connectivity index (χ1n) is 7.51. The number of rotatable bonds is 3. The number of para-hydroxylation sites is 1. The quantitative estimate of drug-likeness (QED) is 0.892. The third-order valence-corrected chi connectivity index (χ3v) is 5.28. The zero-order valence-corrected chi connectivity index (χ0v) is 11.4. The van der Waals surface area contributed by atoms with Gasteiger partial charge in [-0.25, -0.2) is 0 Å². The summed E-state index contributed by atoms with van der Waals surface area (Å²) in [5, 5.41) is 4.74. The lowest BCUT2D eigenvalue weighted by Gasteiger charge is -2.28. The fourth-order valence-electron chi connectivity index (χ4n) is 4.43. The van der Waals surface area contributed by atoms with Crippen molar-refractivity contribution >= 4 is 11.0 Å². The fourth-order valence-corrected chi connectivity index (χ4v) is 4.43. The van der Waals surface area contributed by atoms with Crippen molar-refractivity contribution in [3.05, 3.63) is 36.1 Å². The van der Waals surface area contributed by atoms with Gasteiger partial charge in [0.2, 0.25) is 0 Å². The van der Waals surface area contributed by atoms with Crippen molar-refractivity contribution in [2.75, 3.05) is 7.05 Å². The van der Waals surface area contributed by atoms with Crippen molar-refractivity contribution < 1.29 is 4.42 Å². The molecule has 4 atom stereocenters. The maximum atomic E-state index is 6.08. The Morgan fingerprint density at radius 3 is 2.79 bits per heavy atom. The Morgan fingerprint density at radius 1 is 1.21 bits per heavy atom. The van der Waals surface area contributed by atoms with Crippen LogP contribution in [0.25, 0.3) is 11.0 Å². The van der Waals surface area contributed by atoms with Gasteiger partial charge in [0.15, 0.2) is 0 Å². The summed E-state index contributed by atoms with van der Waals surface area (Å²) in [5.41, 5.74) is 1.01. The van der Waals surface area contributed by atoms with E-state index < -0.39 is 0 Å². The second-order valence-corrected chi connectivity index (χ2v) is 6.29. The van der Waals surface area contributed by atoms with Gasteiger partial charge in [-0.05, 0) is 56.2 Å². The van der Waals surface area contributed by atoms with Crippen molar-refractivity contribution in [3.8, 4) is 0 Å². The first-order chi connectivity index (χ1) is 9.35. The van der Waals surface area contributed by atoms with Gasteiger partial charge in [-0.3, -0.25) is 0 Å². The van der Waals surface area contributed by atoms with Crippen LogP contribution in [0.1, 0.15) is 37.5 Å². The van der Waals surface area contributed by atoms with Gasteiger partial charge in [-0.2, -0.15) is 0 Å². The molecule has 0 saturated heterocycles. The lowest BCUT2D eigenvalue weighted by atomic mass is 9.82. The molecule has 0 radical (unpaired) electrons. The molecule has 2 nitrogen and oxygen atoms in total. The van der Waals surface area contributed by atoms with Gasteiger partial charge in [-0.15, -0.1) is 0 Å². The molecule has 2 heteroatoms. The molecule has 0 aliphatic heterocycles. The summed E-state index contributed by atoms with van der Waals surface area (Å²) in [6.07, 6.45) is 5.71. The van der Waals surface area contributed by atoms with E-state index in [9.17, 15) is 0 Å². The Hall–Kier alpha value is -1.28. The largest absolute Gasteiger partial charge is 0.459 e. The van der Waals surface area contributed by atoms with E-state index in [1.807, 2.05) is 6.07 Å². The van der Waals surface area contributed by atoms with E-state index in [2.05, 4.69) is 36.6 Å². The highest BCUT2D eigenvalue weighted by molar-refractivity contribution is 5.77. The van der Waals surface area contributed by atoms with Crippen LogP contribution in [0, 0.1) is 17.8 Å². The average Bonchev–Trinajstić information content (AvgIpc) is 3.13. The van der Waals surface area contributed by atoms with Gasteiger partial charge >= 0.3 is 0 Å². The molecule has 1 heterocycles. The highest BCUT2D eigenvalue weighted by Gasteiger charge is 2.43. The van der Waals surface area contributed by atoms with Crippen LogP contribution >= 0.6 is 0 Å². The third-order valence-electron chi connectivity index (χ3n) is 5.28. The predicted octanol–water partition coefficient (Wildman–Crippen LogP) is 4.13. The summed E-state index contributed by atoms with van der Waals surface area (Å²) < 4.78 is 6.08. The van der Waals surface area contributed by atoms with Gasteiger partial charge in [0, 0.05) is 5.39 Å². The minimum Gasteiger partial charge on any atom is -0.459 e. The van der Waals surface area contributed by atoms with E-state index in [0.29, 0.717) is 6.04 Å². The molecule has 1 N–H and O–H groups in total. The fraction of sp³-hybridized carbons (Fsp3) is 0.529. The van der Waals surface area contributed by atoms with E-state index in [0.717, 1.165) is 29.1 Å². The van der Waals surface area contributed by atoms with Crippen molar-refractivity contribution in [1.29, 1.82) is 0 Å². The summed E-state index contributed by atoms with van der Waals surface area (Å²) >= 11 is 0. The first-order valence-corrected chi connectivity index (χ1v) is 7.51. The summed E-state index contributed by atoms with van der Waals surface area (Å²) in [6.45, 7) is 0. The minimum absolute atomic E-state index is 0.391. The molecule has 2 aromatic rings. The van der Waals surface area contributed by atoms with Crippen LogP contribution in [0.15, 0.2) is 34.7 Å². The second-order valence-electron chi connectivity index (χ2n) is 6.29. The summed E-state index contributed by atoms with van der Waals surface area (Å²) in [4.78, 5) is 0. The van der Waals surface area contributed by atoms with E-state index in [-0.39, 0.29) is 0 Å². The van der Waals surface area contributed by atoms with Crippen LogP contribution < -0.4 is 5.32 Å². The maximum absolute atomic E-state index is 6.08. The Kier molecular flexibility index (Phi) is 2.66. The molecular weight excluding hydrogens is 234 g/mol. The molecule has 2 saturated carbocycles. The molecule has 2 aliphatic rings. The highest BCUT2D eigenvalue weighted by atomic mass is 16.3. The van der Waals surface area contributed by atoms with Crippen molar-refractivity contribution in [2.24, 2.45) is 17.8 Å². The lowest BCUT2D eigenvalue weighted by molar-refractivity contribution is 0.237. The standard InChI is InChI=1S/C17H21NO/c1-18-17(14-9-11-6-7-12(14)8-11)16-10-13-4-2-3-5-15(13)19-16/h2-5,10-12,14,17-18H,6-9H2,1H3. The Morgan fingerprint density at radius 2 is 2.11 bits per heavy atom. The molecule has 2 bridgehead atoms. The van der Waals surface area contributed by atoms with Gasteiger partial charge < -0.3 is 9.73 Å². The summed E-state index contributed by atoms with van der Waals surface area (Å²) in [5.74, 6) is 3.79. The Balaban J connectivity index is 1.68. The molecule has 4 rings (SSSR count). The monoisotopic (exact) mass is 255 g/mol. The van der Waals surface area contributed by atoms with Crippen LogP contribution in [0.5, 0.6) is 0 Å². The van der Waals surface area contributed by atoms with Crippen LogP contribution in [0.2, 0.25) is 0 Å². The van der Waals surface area contributed by atoms with E-state index in [1.165, 1.54) is 31.1 Å². The number of hydrogen-bond donors (Lipinski definition) is 1. The van der Waals surface area contributed by atoms with Crippen molar-refractivity contribution in [1.82, 2.24) is 5.32 Å². The van der Waals surface area contributed by atoms with Gasteiger partial charge in [0.1, 0.15) is 11.3 Å². The van der Waals surface area contributed by atoms with Gasteiger partial charge in [0.05, 0.1) is 6.04 Å². The topological polar surface area (TPSA) is 25.2 Å². The third kappa shape index (κ3) is 1.81. The van der Waals surface area contributed by atoms with E-state index in [4.69, 9.17) is 4.42 Å². The number of fused-ring (bicyclic) bond motifs is 3. The normalized spacial score (nSPS) is 31.1. The van der Waals surface area contributed by atoms with Crippen LogP contribution in [-0.2, 0) is 0 Å². The SMILES string of the molecule is CNC(c1cc2ccccc2o1)C1CC2CCC1C2. The lowest BCUT2D eigenvalue weighted by Crippen LogP contribution is -2.28. The molecule has 2 fully saturated rings. The Bertz CT molecular complexity index is 555. The molecule has 1 aromatic heterocycles. The molecule has 19 heavy (non-hydrogen) atoms.